The number of primary amides is 1. The summed E-state index contributed by atoms with van der Waals surface area (Å²) in [6, 6.07) is 25.1. The number of rotatable bonds is 6. The van der Waals surface area contributed by atoms with Crippen LogP contribution in [0.25, 0.3) is 32.6 Å². The number of benzene rings is 4. The van der Waals surface area contributed by atoms with Crippen LogP contribution in [0.1, 0.15) is 32.5 Å². The molecule has 10 nitrogen and oxygen atoms in total. The van der Waals surface area contributed by atoms with Crippen LogP contribution in [0.15, 0.2) is 84.9 Å². The SMILES string of the molecule is NC(=O)NOc1cc2c(c3ccccc13)[C@@H](CCl)CN2C(=O)c1cc2cc(NC(=O)c3cc4ccccc4[nH]3)ccc2[nH]1. The first-order valence-corrected chi connectivity index (χ1v) is 14.1. The lowest BCUT2D eigenvalue weighted by atomic mass is 9.95. The molecule has 4 aromatic carbocycles. The first kappa shape index (κ1) is 26.4. The largest absolute Gasteiger partial charge is 0.377 e. The maximum absolute atomic E-state index is 13.9. The number of nitrogens with zero attached hydrogens (tertiary/aromatic N) is 1. The summed E-state index contributed by atoms with van der Waals surface area (Å²) in [6.07, 6.45) is 0. The summed E-state index contributed by atoms with van der Waals surface area (Å²) in [4.78, 5) is 51.7. The number of nitrogens with one attached hydrogen (secondary N) is 4. The van der Waals surface area contributed by atoms with Crippen LogP contribution >= 0.6 is 11.6 Å². The van der Waals surface area contributed by atoms with Gasteiger partial charge >= 0.3 is 6.03 Å². The average molecular weight is 593 g/mol. The molecule has 0 bridgehead atoms. The molecule has 2 aromatic heterocycles. The molecule has 6 N–H and O–H groups in total. The van der Waals surface area contributed by atoms with Crippen molar-refractivity contribution in [3.05, 3.63) is 102 Å². The lowest BCUT2D eigenvalue weighted by Crippen LogP contribution is -2.32. The number of hydrogen-bond acceptors (Lipinski definition) is 4. The normalized spacial score (nSPS) is 14.3. The van der Waals surface area contributed by atoms with Gasteiger partial charge in [0.2, 0.25) is 0 Å². The molecule has 0 radical (unpaired) electrons. The van der Waals surface area contributed by atoms with E-state index in [1.54, 1.807) is 23.1 Å². The molecule has 1 aliphatic heterocycles. The third-order valence-corrected chi connectivity index (χ3v) is 8.08. The van der Waals surface area contributed by atoms with Crippen LogP contribution < -0.4 is 26.3 Å². The predicted octanol–water partition coefficient (Wildman–Crippen LogP) is 6.00. The molecule has 11 heteroatoms. The number of carbonyl (C=O) groups is 3. The van der Waals surface area contributed by atoms with Crippen molar-refractivity contribution < 1.29 is 19.2 Å². The van der Waals surface area contributed by atoms with Crippen molar-refractivity contribution in [2.75, 3.05) is 22.6 Å². The number of hydrogen-bond donors (Lipinski definition) is 5. The van der Waals surface area contributed by atoms with E-state index in [2.05, 4.69) is 20.8 Å². The van der Waals surface area contributed by atoms with Crippen LogP contribution in [0.4, 0.5) is 16.2 Å². The summed E-state index contributed by atoms with van der Waals surface area (Å²) in [6.45, 7) is 0.371. The molecule has 0 saturated heterocycles. The number of urea groups is 1. The van der Waals surface area contributed by atoms with E-state index < -0.39 is 6.03 Å². The summed E-state index contributed by atoms with van der Waals surface area (Å²) in [7, 11) is 0. The van der Waals surface area contributed by atoms with Crippen molar-refractivity contribution in [1.82, 2.24) is 15.4 Å². The number of nitrogens with two attached hydrogens (primary N) is 1. The number of halogens is 1. The van der Waals surface area contributed by atoms with Crippen LogP contribution in [0.2, 0.25) is 0 Å². The quantitative estimate of drug-likeness (QED) is 0.119. The van der Waals surface area contributed by atoms with Crippen molar-refractivity contribution in [1.29, 1.82) is 0 Å². The molecule has 214 valence electrons. The molecule has 1 atom stereocenters. The summed E-state index contributed by atoms with van der Waals surface area (Å²) >= 11 is 6.40. The number of amides is 4. The molecule has 6 aromatic rings. The van der Waals surface area contributed by atoms with Crippen molar-refractivity contribution in [2.45, 2.75) is 5.92 Å². The van der Waals surface area contributed by atoms with Crippen molar-refractivity contribution in [2.24, 2.45) is 5.73 Å². The van der Waals surface area contributed by atoms with E-state index in [1.165, 1.54) is 0 Å². The minimum atomic E-state index is -0.842. The van der Waals surface area contributed by atoms with Gasteiger partial charge in [-0.05, 0) is 47.3 Å². The number of aromatic amines is 2. The Morgan fingerprint density at radius 2 is 1.60 bits per heavy atom. The van der Waals surface area contributed by atoms with Gasteiger partial charge in [-0.3, -0.25) is 9.59 Å². The van der Waals surface area contributed by atoms with Gasteiger partial charge in [0, 0.05) is 57.3 Å². The van der Waals surface area contributed by atoms with Gasteiger partial charge in [0.15, 0.2) is 5.75 Å². The van der Waals surface area contributed by atoms with Crippen LogP contribution in [-0.2, 0) is 0 Å². The third kappa shape index (κ3) is 4.67. The molecule has 3 heterocycles. The Bertz CT molecular complexity index is 2050. The fraction of sp³-hybridized carbons (Fsp3) is 0.0938. The predicted molar refractivity (Wildman–Crippen MR) is 167 cm³/mol. The number of alkyl halides is 1. The van der Waals surface area contributed by atoms with Gasteiger partial charge in [0.05, 0.1) is 5.69 Å². The van der Waals surface area contributed by atoms with Crippen LogP contribution in [-0.4, -0.2) is 40.2 Å². The summed E-state index contributed by atoms with van der Waals surface area (Å²) in [5, 5.41) is 6.27. The number of hydroxylamine groups is 1. The number of anilines is 2. The van der Waals surface area contributed by atoms with Crippen molar-refractivity contribution in [3.8, 4) is 5.75 Å². The summed E-state index contributed by atoms with van der Waals surface area (Å²) in [5.74, 6) is 0.0388. The highest BCUT2D eigenvalue weighted by atomic mass is 35.5. The second-order valence-electron chi connectivity index (χ2n) is 10.4. The minimum absolute atomic E-state index is 0.112. The Balaban J connectivity index is 1.19. The van der Waals surface area contributed by atoms with E-state index in [0.717, 1.165) is 38.1 Å². The zero-order chi connectivity index (χ0) is 29.7. The first-order valence-electron chi connectivity index (χ1n) is 13.6. The highest BCUT2D eigenvalue weighted by Gasteiger charge is 2.35. The number of fused-ring (bicyclic) bond motifs is 5. The summed E-state index contributed by atoms with van der Waals surface area (Å²) < 4.78 is 0. The second kappa shape index (κ2) is 10.4. The molecule has 0 aliphatic carbocycles. The van der Waals surface area contributed by atoms with E-state index in [0.29, 0.717) is 40.9 Å². The third-order valence-electron chi connectivity index (χ3n) is 7.71. The van der Waals surface area contributed by atoms with Gasteiger partial charge in [0.1, 0.15) is 11.4 Å². The van der Waals surface area contributed by atoms with Gasteiger partial charge in [-0.15, -0.1) is 11.6 Å². The van der Waals surface area contributed by atoms with E-state index in [-0.39, 0.29) is 17.7 Å². The highest BCUT2D eigenvalue weighted by Crippen LogP contribution is 2.46. The Hall–Kier alpha value is -5.48. The first-order chi connectivity index (χ1) is 20.9. The molecular weight excluding hydrogens is 568 g/mol. The fourth-order valence-corrected chi connectivity index (χ4v) is 6.04. The van der Waals surface area contributed by atoms with Gasteiger partial charge in [-0.25, -0.2) is 4.79 Å². The van der Waals surface area contributed by atoms with Crippen molar-refractivity contribution in [3.63, 3.8) is 0 Å². The summed E-state index contributed by atoms with van der Waals surface area (Å²) in [5.41, 5.74) is 12.0. The maximum atomic E-state index is 13.9. The van der Waals surface area contributed by atoms with Gasteiger partial charge in [-0.2, -0.15) is 5.48 Å². The monoisotopic (exact) mass is 592 g/mol. The Morgan fingerprint density at radius 3 is 2.40 bits per heavy atom. The van der Waals surface area contributed by atoms with Gasteiger partial charge in [-0.1, -0.05) is 42.5 Å². The standard InChI is InChI=1S/C32H25ClN6O4/c33-15-19-16-39(27-14-28(43-38-32(34)42)21-6-2-3-7-22(21)29(19)27)31(41)26-13-18-11-20(9-10-24(18)37-26)35-30(40)25-12-17-5-1-4-8-23(17)36-25/h1-14,19,36-37H,15-16H2,(H,35,40)(H3,34,38,42)/t19-/m0/s1. The van der Waals surface area contributed by atoms with Crippen molar-refractivity contribution >= 4 is 73.4 Å². The molecule has 0 fully saturated rings. The molecule has 0 spiro atoms. The smallest absolute Gasteiger partial charge is 0.345 e. The van der Waals surface area contributed by atoms with Crippen LogP contribution in [0, 0.1) is 0 Å². The van der Waals surface area contributed by atoms with Crippen LogP contribution in [0.5, 0.6) is 5.75 Å². The number of aromatic nitrogens is 2. The molecule has 0 unspecified atom stereocenters. The molecule has 4 amide bonds. The van der Waals surface area contributed by atoms with E-state index in [9.17, 15) is 14.4 Å². The topological polar surface area (TPSA) is 145 Å². The van der Waals surface area contributed by atoms with E-state index in [4.69, 9.17) is 22.2 Å². The lowest BCUT2D eigenvalue weighted by Gasteiger charge is -2.18. The van der Waals surface area contributed by atoms with Gasteiger partial charge in [0.25, 0.3) is 11.8 Å². The molecular formula is C32H25ClN6O4. The molecule has 0 saturated carbocycles. The maximum Gasteiger partial charge on any atom is 0.345 e. The Morgan fingerprint density at radius 1 is 0.884 bits per heavy atom. The fourth-order valence-electron chi connectivity index (χ4n) is 5.79. The Labute approximate surface area is 249 Å². The second-order valence-corrected chi connectivity index (χ2v) is 10.7. The zero-order valence-corrected chi connectivity index (χ0v) is 23.4. The van der Waals surface area contributed by atoms with Crippen LogP contribution in [0.3, 0.4) is 0 Å². The highest BCUT2D eigenvalue weighted by molar-refractivity contribution is 6.19. The number of H-pyrrole nitrogens is 2. The Kier molecular flexibility index (Phi) is 6.40. The number of para-hydroxylation sites is 1. The lowest BCUT2D eigenvalue weighted by molar-refractivity contribution is 0.0982. The average Bonchev–Trinajstić information content (AvgIpc) is 3.74. The molecule has 43 heavy (non-hydrogen) atoms. The number of carbonyl (C=O) groups excluding carboxylic acids is 3. The van der Waals surface area contributed by atoms with E-state index >= 15 is 0 Å². The molecule has 1 aliphatic rings. The van der Waals surface area contributed by atoms with E-state index in [1.807, 2.05) is 66.7 Å². The minimum Gasteiger partial charge on any atom is -0.377 e. The van der Waals surface area contributed by atoms with Gasteiger partial charge < -0.3 is 30.8 Å². The zero-order valence-electron chi connectivity index (χ0n) is 22.6. The molecule has 7 rings (SSSR count).